The van der Waals surface area contributed by atoms with Crippen LogP contribution in [0.4, 0.5) is 0 Å². The highest BCUT2D eigenvalue weighted by atomic mass is 79.9. The van der Waals surface area contributed by atoms with Gasteiger partial charge in [0.25, 0.3) is 0 Å². The van der Waals surface area contributed by atoms with Crippen molar-refractivity contribution < 1.29 is 0 Å². The van der Waals surface area contributed by atoms with Gasteiger partial charge in [-0.2, -0.15) is 0 Å². The first-order chi connectivity index (χ1) is 7.25. The van der Waals surface area contributed by atoms with Crippen LogP contribution in [0.1, 0.15) is 36.8 Å². The molecule has 1 atom stereocenters. The average molecular weight is 267 g/mol. The highest BCUT2D eigenvalue weighted by Crippen LogP contribution is 2.33. The van der Waals surface area contributed by atoms with Gasteiger partial charge in [-0.25, -0.2) is 0 Å². The van der Waals surface area contributed by atoms with Crippen molar-refractivity contribution in [3.63, 3.8) is 0 Å². The molecule has 0 saturated heterocycles. The lowest BCUT2D eigenvalue weighted by atomic mass is 9.81. The Morgan fingerprint density at radius 1 is 1.33 bits per heavy atom. The normalized spacial score (nSPS) is 18.5. The number of hydrogen-bond donors (Lipinski definition) is 0. The Morgan fingerprint density at radius 2 is 2.07 bits per heavy atom. The molecule has 0 radical (unpaired) electrons. The molecule has 1 aromatic carbocycles. The van der Waals surface area contributed by atoms with E-state index in [1.165, 1.54) is 43.2 Å². The first kappa shape index (κ1) is 11.2. The summed E-state index contributed by atoms with van der Waals surface area (Å²) in [6, 6.07) is 8.72. The molecule has 1 aromatic rings. The maximum absolute atomic E-state index is 3.82. The predicted octanol–water partition coefficient (Wildman–Crippen LogP) is 4.49. The van der Waals surface area contributed by atoms with Crippen LogP contribution in [-0.2, 0) is 6.42 Å². The summed E-state index contributed by atoms with van der Waals surface area (Å²) >= 11 is 3.82. The highest BCUT2D eigenvalue weighted by Gasteiger charge is 2.20. The van der Waals surface area contributed by atoms with E-state index < -0.39 is 0 Å². The fourth-order valence-electron chi connectivity index (χ4n) is 2.25. The predicted molar refractivity (Wildman–Crippen MR) is 69.6 cm³/mol. The lowest BCUT2D eigenvalue weighted by Crippen LogP contribution is -2.17. The van der Waals surface area contributed by atoms with Crippen LogP contribution in [0.3, 0.4) is 0 Å². The van der Waals surface area contributed by atoms with Crippen LogP contribution in [0, 0.1) is 12.8 Å². The van der Waals surface area contributed by atoms with Crippen LogP contribution >= 0.6 is 15.9 Å². The quantitative estimate of drug-likeness (QED) is 0.705. The second-order valence-corrected chi connectivity index (χ2v) is 6.06. The van der Waals surface area contributed by atoms with E-state index >= 15 is 0 Å². The molecule has 0 aliphatic heterocycles. The fourth-order valence-corrected chi connectivity index (χ4v) is 3.13. The second kappa shape index (κ2) is 5.16. The molecule has 1 heteroatoms. The van der Waals surface area contributed by atoms with Crippen molar-refractivity contribution in [1.29, 1.82) is 0 Å². The Bertz CT molecular complexity index is 315. The number of rotatable bonds is 4. The number of halogens is 1. The van der Waals surface area contributed by atoms with Gasteiger partial charge in [0.15, 0.2) is 0 Å². The summed E-state index contributed by atoms with van der Waals surface area (Å²) in [6.07, 6.45) is 6.90. The van der Waals surface area contributed by atoms with E-state index in [0.29, 0.717) is 4.83 Å². The van der Waals surface area contributed by atoms with Crippen molar-refractivity contribution in [3.05, 3.63) is 35.4 Å². The number of hydrogen-bond acceptors (Lipinski definition) is 0. The molecule has 1 aliphatic rings. The molecule has 1 saturated carbocycles. The minimum atomic E-state index is 0.670. The second-order valence-electron chi connectivity index (χ2n) is 4.76. The molecule has 0 N–H and O–H groups in total. The van der Waals surface area contributed by atoms with Crippen molar-refractivity contribution >= 4 is 15.9 Å². The molecule has 0 nitrogen and oxygen atoms in total. The monoisotopic (exact) mass is 266 g/mol. The van der Waals surface area contributed by atoms with Gasteiger partial charge < -0.3 is 0 Å². The largest absolute Gasteiger partial charge is 0.0887 e. The molecule has 0 aromatic heterocycles. The van der Waals surface area contributed by atoms with Crippen LogP contribution in [0.15, 0.2) is 24.3 Å². The maximum Gasteiger partial charge on any atom is 0.0188 e. The Balaban J connectivity index is 1.87. The molecular weight excluding hydrogens is 248 g/mol. The lowest BCUT2D eigenvalue weighted by molar-refractivity contribution is 0.294. The Labute approximate surface area is 101 Å². The highest BCUT2D eigenvalue weighted by molar-refractivity contribution is 9.09. The zero-order valence-electron chi connectivity index (χ0n) is 9.38. The SMILES string of the molecule is Cc1ccccc1CC(Br)CC1CCC1. The van der Waals surface area contributed by atoms with Gasteiger partial charge in [-0.15, -0.1) is 0 Å². The molecular formula is C14H19Br. The van der Waals surface area contributed by atoms with Crippen LogP contribution < -0.4 is 0 Å². The topological polar surface area (TPSA) is 0 Å². The Kier molecular flexibility index (Phi) is 3.85. The molecule has 0 amide bonds. The summed E-state index contributed by atoms with van der Waals surface area (Å²) in [5.74, 6) is 0.999. The third-order valence-electron chi connectivity index (χ3n) is 3.52. The first-order valence-electron chi connectivity index (χ1n) is 5.94. The zero-order chi connectivity index (χ0) is 10.7. The molecule has 1 fully saturated rings. The average Bonchev–Trinajstić information content (AvgIpc) is 2.16. The third kappa shape index (κ3) is 3.07. The Hall–Kier alpha value is -0.300. The first-order valence-corrected chi connectivity index (χ1v) is 6.86. The Morgan fingerprint density at radius 3 is 2.67 bits per heavy atom. The van der Waals surface area contributed by atoms with E-state index in [2.05, 4.69) is 47.1 Å². The number of alkyl halides is 1. The smallest absolute Gasteiger partial charge is 0.0188 e. The molecule has 0 heterocycles. The van der Waals surface area contributed by atoms with E-state index in [0.717, 1.165) is 5.92 Å². The fraction of sp³-hybridized carbons (Fsp3) is 0.571. The van der Waals surface area contributed by atoms with Crippen LogP contribution in [0.25, 0.3) is 0 Å². The standard InChI is InChI=1S/C14H19Br/c1-11-5-2-3-8-13(11)10-14(15)9-12-6-4-7-12/h2-3,5,8,12,14H,4,6-7,9-10H2,1H3. The lowest BCUT2D eigenvalue weighted by Gasteiger charge is -2.27. The third-order valence-corrected chi connectivity index (χ3v) is 4.21. The van der Waals surface area contributed by atoms with E-state index in [1.54, 1.807) is 0 Å². The van der Waals surface area contributed by atoms with Crippen LogP contribution in [0.5, 0.6) is 0 Å². The van der Waals surface area contributed by atoms with Gasteiger partial charge >= 0.3 is 0 Å². The minimum absolute atomic E-state index is 0.670. The molecule has 1 unspecified atom stereocenters. The zero-order valence-corrected chi connectivity index (χ0v) is 11.0. The van der Waals surface area contributed by atoms with Crippen molar-refractivity contribution in [2.75, 3.05) is 0 Å². The van der Waals surface area contributed by atoms with Gasteiger partial charge in [-0.1, -0.05) is 59.5 Å². The van der Waals surface area contributed by atoms with E-state index in [4.69, 9.17) is 0 Å². The van der Waals surface area contributed by atoms with Gasteiger partial charge in [0, 0.05) is 4.83 Å². The molecule has 15 heavy (non-hydrogen) atoms. The summed E-state index contributed by atoms with van der Waals surface area (Å²) in [5, 5.41) is 0. The molecule has 1 aliphatic carbocycles. The maximum atomic E-state index is 3.82. The van der Waals surface area contributed by atoms with E-state index in [1.807, 2.05) is 0 Å². The van der Waals surface area contributed by atoms with Crippen molar-refractivity contribution in [3.8, 4) is 0 Å². The molecule has 2 rings (SSSR count). The van der Waals surface area contributed by atoms with Gasteiger partial charge in [0.2, 0.25) is 0 Å². The van der Waals surface area contributed by atoms with Gasteiger partial charge in [0.05, 0.1) is 0 Å². The van der Waals surface area contributed by atoms with Crippen molar-refractivity contribution in [1.82, 2.24) is 0 Å². The summed E-state index contributed by atoms with van der Waals surface area (Å²) in [6.45, 7) is 2.21. The van der Waals surface area contributed by atoms with Gasteiger partial charge in [-0.05, 0) is 36.8 Å². The van der Waals surface area contributed by atoms with Crippen LogP contribution in [0.2, 0.25) is 0 Å². The van der Waals surface area contributed by atoms with Gasteiger partial charge in [-0.3, -0.25) is 0 Å². The van der Waals surface area contributed by atoms with E-state index in [-0.39, 0.29) is 0 Å². The van der Waals surface area contributed by atoms with Crippen molar-refractivity contribution in [2.24, 2.45) is 5.92 Å². The number of benzene rings is 1. The van der Waals surface area contributed by atoms with Crippen LogP contribution in [-0.4, -0.2) is 4.83 Å². The summed E-state index contributed by atoms with van der Waals surface area (Å²) in [4.78, 5) is 0.670. The summed E-state index contributed by atoms with van der Waals surface area (Å²) in [5.41, 5.74) is 2.93. The van der Waals surface area contributed by atoms with Crippen molar-refractivity contribution in [2.45, 2.75) is 43.9 Å². The summed E-state index contributed by atoms with van der Waals surface area (Å²) in [7, 11) is 0. The minimum Gasteiger partial charge on any atom is -0.0887 e. The molecule has 0 spiro atoms. The molecule has 0 bridgehead atoms. The van der Waals surface area contributed by atoms with E-state index in [9.17, 15) is 0 Å². The van der Waals surface area contributed by atoms with Gasteiger partial charge in [0.1, 0.15) is 0 Å². The molecule has 82 valence electrons. The summed E-state index contributed by atoms with van der Waals surface area (Å²) < 4.78 is 0. The number of aryl methyl sites for hydroxylation is 1.